The molecule has 0 spiro atoms. The van der Waals surface area contributed by atoms with Crippen molar-refractivity contribution in [2.24, 2.45) is 3.77 Å². The topological polar surface area (TPSA) is 160 Å². The van der Waals surface area contributed by atoms with E-state index < -0.39 is 27.8 Å². The highest BCUT2D eigenvalue weighted by molar-refractivity contribution is 14.1. The fourth-order valence-electron chi connectivity index (χ4n) is 4.18. The first-order chi connectivity index (χ1) is 19.1. The summed E-state index contributed by atoms with van der Waals surface area (Å²) in [6, 6.07) is 5.09. The second-order valence-corrected chi connectivity index (χ2v) is 22.8. The van der Waals surface area contributed by atoms with E-state index in [4.69, 9.17) is 17.3 Å². The number of nitrogens with two attached hydrogens (primary N) is 1. The molecule has 3 rings (SSSR count). The molecule has 1 saturated heterocycles. The minimum absolute atomic E-state index is 0.00704. The van der Waals surface area contributed by atoms with Gasteiger partial charge in [0.2, 0.25) is 11.2 Å². The van der Waals surface area contributed by atoms with Gasteiger partial charge in [-0.25, -0.2) is 17.6 Å². The number of hydrogen-bond donors (Lipinski definition) is 3. The molecule has 1 aliphatic heterocycles. The van der Waals surface area contributed by atoms with E-state index in [0.29, 0.717) is 36.9 Å². The fraction of sp³-hybridized carbons (Fsp3) is 0.560. The average Bonchev–Trinajstić information content (AvgIpc) is 3.36. The van der Waals surface area contributed by atoms with Gasteiger partial charge in [-0.15, -0.1) is 3.77 Å². The van der Waals surface area contributed by atoms with Crippen LogP contribution in [-0.2, 0) is 24.5 Å². The van der Waals surface area contributed by atoms with Gasteiger partial charge in [-0.3, -0.25) is 9.69 Å². The molecule has 1 aromatic heterocycles. The number of nitrogen functional groups attached to an aromatic ring is 1. The van der Waals surface area contributed by atoms with E-state index in [0.717, 1.165) is 29.5 Å². The molecular weight excluding hydrogens is 717 g/mol. The maximum atomic E-state index is 14.4. The first-order valence-corrected chi connectivity index (χ1v) is 21.9. The van der Waals surface area contributed by atoms with Crippen LogP contribution in [0.4, 0.5) is 17.2 Å². The first kappa shape index (κ1) is 34.0. The summed E-state index contributed by atoms with van der Waals surface area (Å²) < 4.78 is 45.3. The van der Waals surface area contributed by atoms with Crippen molar-refractivity contribution in [3.8, 4) is 0 Å². The molecule has 1 unspecified atom stereocenters. The van der Waals surface area contributed by atoms with Crippen molar-refractivity contribution >= 4 is 85.1 Å². The summed E-state index contributed by atoms with van der Waals surface area (Å²) in [5.74, 6) is 0.235. The van der Waals surface area contributed by atoms with Crippen molar-refractivity contribution < 1.29 is 17.4 Å². The lowest BCUT2D eigenvalue weighted by atomic mass is 10.3. The summed E-state index contributed by atoms with van der Waals surface area (Å²) in [7, 11) is -9.08. The molecule has 0 radical (unpaired) electrons. The minimum atomic E-state index is -3.98. The van der Waals surface area contributed by atoms with Crippen LogP contribution in [0.5, 0.6) is 0 Å². The third-order valence-corrected chi connectivity index (χ3v) is 13.8. The summed E-state index contributed by atoms with van der Waals surface area (Å²) in [5.41, 5.74) is 6.76. The van der Waals surface area contributed by atoms with E-state index in [-0.39, 0.29) is 39.8 Å². The van der Waals surface area contributed by atoms with Crippen molar-refractivity contribution in [2.75, 3.05) is 54.1 Å². The zero-order valence-electron chi connectivity index (χ0n) is 23.7. The highest BCUT2D eigenvalue weighted by Gasteiger charge is 2.24. The fourth-order valence-corrected chi connectivity index (χ4v) is 12.1. The lowest BCUT2D eigenvalue weighted by Gasteiger charge is -2.17. The Bertz CT molecular complexity index is 1460. The molecule has 1 aliphatic rings. The standard InChI is InChI=1S/C25H39ClIN7O4S2Si/c1-41(2,3)13-12-40(37,38)33-39(36,11-7-4-8-29-24-22(27)17-30-25(26)32-24)21-15-19(28)14-20(16-21)31-23(35)18-34-9-5-6-10-34/h14-17H,4-13,18,28H2,1-3H3,(H,31,35)(H,29,30,32). The number of nitrogens with zero attached hydrogens (tertiary/aromatic N) is 4. The Kier molecular flexibility index (Phi) is 12.2. The van der Waals surface area contributed by atoms with Crippen molar-refractivity contribution in [3.63, 3.8) is 0 Å². The molecule has 1 aromatic carbocycles. The maximum Gasteiger partial charge on any atom is 0.260 e. The Morgan fingerprint density at radius 1 is 1.15 bits per heavy atom. The van der Waals surface area contributed by atoms with Gasteiger partial charge in [-0.05, 0) is 97.2 Å². The SMILES string of the molecule is C[Si](C)(C)CCS(=O)(=O)N=S(=O)(CCCCNc1nc(Cl)ncc1I)c1cc(N)cc(NC(=O)CN2CCCC2)c1. The summed E-state index contributed by atoms with van der Waals surface area (Å²) in [6.07, 6.45) is 4.72. The van der Waals surface area contributed by atoms with Gasteiger partial charge in [0.15, 0.2) is 0 Å². The predicted octanol–water partition coefficient (Wildman–Crippen LogP) is 4.74. The van der Waals surface area contributed by atoms with Gasteiger partial charge in [-0.1, -0.05) is 19.6 Å². The van der Waals surface area contributed by atoms with Crippen molar-refractivity contribution in [1.82, 2.24) is 14.9 Å². The van der Waals surface area contributed by atoms with E-state index in [9.17, 15) is 17.4 Å². The molecule has 16 heteroatoms. The van der Waals surface area contributed by atoms with Gasteiger partial charge in [-0.2, -0.15) is 4.98 Å². The Morgan fingerprint density at radius 2 is 1.85 bits per heavy atom. The second kappa shape index (κ2) is 14.8. The largest absolute Gasteiger partial charge is 0.399 e. The van der Waals surface area contributed by atoms with Gasteiger partial charge in [0, 0.05) is 37.9 Å². The van der Waals surface area contributed by atoms with Gasteiger partial charge in [0.05, 0.1) is 30.5 Å². The van der Waals surface area contributed by atoms with Crippen LogP contribution in [0.3, 0.4) is 0 Å². The van der Waals surface area contributed by atoms with E-state index in [1.807, 2.05) is 0 Å². The molecule has 0 aliphatic carbocycles. The summed E-state index contributed by atoms with van der Waals surface area (Å²) in [5, 5.41) is 6.14. The number of sulfonamides is 1. The Morgan fingerprint density at radius 3 is 2.54 bits per heavy atom. The number of rotatable bonds is 14. The highest BCUT2D eigenvalue weighted by atomic mass is 127. The maximum absolute atomic E-state index is 14.4. The highest BCUT2D eigenvalue weighted by Crippen LogP contribution is 2.26. The first-order valence-electron chi connectivity index (χ1n) is 13.5. The average molecular weight is 756 g/mol. The third-order valence-electron chi connectivity index (χ3n) is 6.35. The zero-order valence-corrected chi connectivity index (χ0v) is 29.2. The van der Waals surface area contributed by atoms with Gasteiger partial charge >= 0.3 is 0 Å². The second-order valence-electron chi connectivity index (χ2n) is 11.3. The molecule has 228 valence electrons. The van der Waals surface area contributed by atoms with Crippen molar-refractivity contribution in [3.05, 3.63) is 33.2 Å². The lowest BCUT2D eigenvalue weighted by molar-refractivity contribution is -0.117. The van der Waals surface area contributed by atoms with Crippen LogP contribution in [0.15, 0.2) is 33.1 Å². The van der Waals surface area contributed by atoms with E-state index in [2.05, 4.69) is 71.5 Å². The number of carbonyl (C=O) groups is 1. The van der Waals surface area contributed by atoms with E-state index in [1.165, 1.54) is 12.1 Å². The minimum Gasteiger partial charge on any atom is -0.399 e. The van der Waals surface area contributed by atoms with Crippen LogP contribution < -0.4 is 16.4 Å². The lowest BCUT2D eigenvalue weighted by Crippen LogP contribution is -2.30. The number of halogens is 2. The molecule has 1 amide bonds. The molecule has 2 aromatic rings. The molecule has 1 fully saturated rings. The number of anilines is 3. The third kappa shape index (κ3) is 11.6. The number of nitrogens with one attached hydrogen (secondary N) is 2. The molecule has 2 heterocycles. The predicted molar refractivity (Wildman–Crippen MR) is 178 cm³/mol. The molecular formula is C25H39ClIN7O4S2Si. The molecule has 0 bridgehead atoms. The molecule has 41 heavy (non-hydrogen) atoms. The number of aromatic nitrogens is 2. The number of benzene rings is 1. The van der Waals surface area contributed by atoms with Crippen molar-refractivity contribution in [2.45, 2.75) is 56.3 Å². The Balaban J connectivity index is 1.81. The number of likely N-dealkylation sites (tertiary alicyclic amines) is 1. The summed E-state index contributed by atoms with van der Waals surface area (Å²) in [4.78, 5) is 23.0. The summed E-state index contributed by atoms with van der Waals surface area (Å²) in [6.45, 7) is 8.72. The van der Waals surface area contributed by atoms with E-state index >= 15 is 0 Å². The quantitative estimate of drug-likeness (QED) is 0.0814. The normalized spacial score (nSPS) is 15.8. The van der Waals surface area contributed by atoms with Gasteiger partial charge in [0.25, 0.3) is 10.0 Å². The smallest absolute Gasteiger partial charge is 0.260 e. The summed E-state index contributed by atoms with van der Waals surface area (Å²) >= 11 is 7.99. The van der Waals surface area contributed by atoms with Crippen LogP contribution in [0.1, 0.15) is 25.7 Å². The van der Waals surface area contributed by atoms with Crippen LogP contribution in [-0.4, -0.2) is 79.2 Å². The number of carbonyl (C=O) groups excluding carboxylic acids is 1. The van der Waals surface area contributed by atoms with Crippen molar-refractivity contribution in [1.29, 1.82) is 0 Å². The van der Waals surface area contributed by atoms with Crippen LogP contribution in [0.2, 0.25) is 31.0 Å². The number of amides is 1. The number of unbranched alkanes of at least 4 members (excludes halogenated alkanes) is 1. The Labute approximate surface area is 263 Å². The monoisotopic (exact) mass is 755 g/mol. The zero-order chi connectivity index (χ0) is 30.3. The van der Waals surface area contributed by atoms with Crippen LogP contribution in [0, 0.1) is 3.57 Å². The van der Waals surface area contributed by atoms with Gasteiger partial charge < -0.3 is 16.4 Å². The molecule has 11 nitrogen and oxygen atoms in total. The van der Waals surface area contributed by atoms with Crippen LogP contribution >= 0.6 is 34.2 Å². The molecule has 0 saturated carbocycles. The van der Waals surface area contributed by atoms with Crippen LogP contribution in [0.25, 0.3) is 0 Å². The molecule has 1 atom stereocenters. The number of hydrogen-bond acceptors (Lipinski definition) is 9. The van der Waals surface area contributed by atoms with Gasteiger partial charge in [0.1, 0.15) is 5.82 Å². The molecule has 4 N–H and O–H groups in total. The Hall–Kier alpha value is -1.53. The van der Waals surface area contributed by atoms with E-state index in [1.54, 1.807) is 12.3 Å².